The average molecular weight is 446 g/mol. The van der Waals surface area contributed by atoms with E-state index in [4.69, 9.17) is 3.07 Å². The van der Waals surface area contributed by atoms with Crippen LogP contribution in [-0.2, 0) is 3.07 Å². The minimum atomic E-state index is 0.429. The van der Waals surface area contributed by atoms with Crippen LogP contribution < -0.4 is 5.43 Å². The first kappa shape index (κ1) is 13.1. The van der Waals surface area contributed by atoms with Gasteiger partial charge in [0.15, 0.2) is 0 Å². The second-order valence-electron chi connectivity index (χ2n) is 4.43. The van der Waals surface area contributed by atoms with E-state index >= 15 is 0 Å². The van der Waals surface area contributed by atoms with Crippen molar-refractivity contribution in [2.24, 2.45) is 11.0 Å². The highest BCUT2D eigenvalue weighted by Gasteiger charge is 2.27. The highest BCUT2D eigenvalue weighted by Crippen LogP contribution is 2.34. The standard InChI is InChI=1S/C11H16I2N2O/c1-7-9-6-5-8(16-13)3-2-4-10(9)11(12)15-14-7/h8,10,14H,2-6H2,1H3. The molecule has 90 valence electrons. The number of hydrazone groups is 1. The van der Waals surface area contributed by atoms with Gasteiger partial charge in [-0.25, -0.2) is 0 Å². The van der Waals surface area contributed by atoms with Gasteiger partial charge in [0.1, 0.15) is 26.7 Å². The summed E-state index contributed by atoms with van der Waals surface area (Å²) in [7, 11) is 0. The summed E-state index contributed by atoms with van der Waals surface area (Å²) in [5.41, 5.74) is 5.92. The van der Waals surface area contributed by atoms with Crippen LogP contribution in [0, 0.1) is 5.92 Å². The van der Waals surface area contributed by atoms with E-state index in [1.165, 1.54) is 34.3 Å². The molecule has 0 aromatic heterocycles. The van der Waals surface area contributed by atoms with Gasteiger partial charge in [-0.1, -0.05) is 0 Å². The summed E-state index contributed by atoms with van der Waals surface area (Å²) >= 11 is 4.40. The maximum atomic E-state index is 5.46. The van der Waals surface area contributed by atoms with Crippen LogP contribution in [0.4, 0.5) is 0 Å². The Morgan fingerprint density at radius 3 is 2.94 bits per heavy atom. The van der Waals surface area contributed by atoms with Crippen LogP contribution in [0.25, 0.3) is 0 Å². The van der Waals surface area contributed by atoms with Crippen LogP contribution in [0.3, 0.4) is 0 Å². The molecule has 1 aliphatic heterocycles. The van der Waals surface area contributed by atoms with Gasteiger partial charge in [0.25, 0.3) is 0 Å². The van der Waals surface area contributed by atoms with E-state index in [9.17, 15) is 0 Å². The Kier molecular flexibility index (Phi) is 4.89. The molecule has 0 saturated heterocycles. The van der Waals surface area contributed by atoms with Crippen molar-refractivity contribution < 1.29 is 3.07 Å². The van der Waals surface area contributed by atoms with Crippen molar-refractivity contribution in [3.8, 4) is 0 Å². The molecule has 0 radical (unpaired) electrons. The summed E-state index contributed by atoms with van der Waals surface area (Å²) in [6, 6.07) is 0. The van der Waals surface area contributed by atoms with Crippen molar-refractivity contribution in [1.29, 1.82) is 0 Å². The summed E-state index contributed by atoms with van der Waals surface area (Å²) in [5, 5.41) is 4.37. The Balaban J connectivity index is 2.13. The Hall–Kier alpha value is 0.630. The van der Waals surface area contributed by atoms with Gasteiger partial charge in [-0.05, 0) is 67.2 Å². The Morgan fingerprint density at radius 1 is 1.38 bits per heavy atom. The molecule has 1 saturated carbocycles. The fraction of sp³-hybridized carbons (Fsp3) is 0.727. The summed E-state index contributed by atoms with van der Waals surface area (Å²) < 4.78 is 6.68. The van der Waals surface area contributed by atoms with E-state index in [0.717, 1.165) is 12.8 Å². The van der Waals surface area contributed by atoms with Gasteiger partial charge >= 0.3 is 0 Å². The molecule has 0 aromatic carbocycles. The molecule has 2 atom stereocenters. The van der Waals surface area contributed by atoms with E-state index in [0.29, 0.717) is 12.0 Å². The van der Waals surface area contributed by atoms with Crippen LogP contribution in [0.15, 0.2) is 16.4 Å². The third-order valence-corrected chi connectivity index (χ3v) is 5.11. The predicted molar refractivity (Wildman–Crippen MR) is 82.8 cm³/mol. The molecular formula is C11H16I2N2O. The van der Waals surface area contributed by atoms with Crippen LogP contribution in [0.5, 0.6) is 0 Å². The highest BCUT2D eigenvalue weighted by molar-refractivity contribution is 14.1. The third-order valence-electron chi connectivity index (χ3n) is 3.40. The zero-order valence-electron chi connectivity index (χ0n) is 9.30. The molecule has 1 aliphatic carbocycles. The van der Waals surface area contributed by atoms with E-state index in [2.05, 4.69) is 40.0 Å². The average Bonchev–Trinajstić information content (AvgIpc) is 2.24. The SMILES string of the molecule is CC1=C2CCC(OI)CCCC2C(I)=NN1. The van der Waals surface area contributed by atoms with Gasteiger partial charge < -0.3 is 3.07 Å². The summed E-state index contributed by atoms with van der Waals surface area (Å²) in [6.07, 6.45) is 6.34. The molecular weight excluding hydrogens is 430 g/mol. The lowest BCUT2D eigenvalue weighted by Crippen LogP contribution is -2.27. The summed E-state index contributed by atoms with van der Waals surface area (Å²) in [5.74, 6) is 0.567. The first-order chi connectivity index (χ1) is 7.72. The fourth-order valence-electron chi connectivity index (χ4n) is 2.45. The van der Waals surface area contributed by atoms with Gasteiger partial charge in [-0.3, -0.25) is 5.43 Å². The Bertz CT molecular complexity index is 328. The largest absolute Gasteiger partial charge is 0.312 e. The van der Waals surface area contributed by atoms with Crippen molar-refractivity contribution in [2.45, 2.75) is 45.1 Å². The molecule has 2 unspecified atom stereocenters. The van der Waals surface area contributed by atoms with Crippen molar-refractivity contribution in [2.75, 3.05) is 0 Å². The Labute approximate surface area is 124 Å². The topological polar surface area (TPSA) is 33.6 Å². The molecule has 2 aliphatic rings. The van der Waals surface area contributed by atoms with Crippen LogP contribution >= 0.6 is 45.6 Å². The smallest absolute Gasteiger partial charge is 0.110 e. The second kappa shape index (κ2) is 5.99. The van der Waals surface area contributed by atoms with Crippen molar-refractivity contribution >= 4 is 49.3 Å². The third kappa shape index (κ3) is 2.90. The minimum absolute atomic E-state index is 0.429. The maximum Gasteiger partial charge on any atom is 0.110 e. The molecule has 1 heterocycles. The lowest BCUT2D eigenvalue weighted by molar-refractivity contribution is 0.236. The quantitative estimate of drug-likeness (QED) is 0.620. The number of rotatable bonds is 1. The molecule has 1 N–H and O–H groups in total. The maximum absolute atomic E-state index is 5.46. The van der Waals surface area contributed by atoms with Crippen LogP contribution in [0.2, 0.25) is 0 Å². The summed E-state index contributed by atoms with van der Waals surface area (Å²) in [4.78, 5) is 0. The van der Waals surface area contributed by atoms with E-state index in [1.807, 2.05) is 23.0 Å². The number of halogens is 2. The fourth-order valence-corrected chi connectivity index (χ4v) is 3.76. The number of allylic oxidation sites excluding steroid dienone is 2. The minimum Gasteiger partial charge on any atom is -0.312 e. The van der Waals surface area contributed by atoms with Gasteiger partial charge in [0.2, 0.25) is 0 Å². The highest BCUT2D eigenvalue weighted by atomic mass is 127. The van der Waals surface area contributed by atoms with Crippen molar-refractivity contribution in [3.05, 3.63) is 11.3 Å². The van der Waals surface area contributed by atoms with Gasteiger partial charge in [-0.15, -0.1) is 0 Å². The molecule has 0 spiro atoms. The van der Waals surface area contributed by atoms with Crippen molar-refractivity contribution in [1.82, 2.24) is 5.43 Å². The monoisotopic (exact) mass is 446 g/mol. The molecule has 2 rings (SSSR count). The number of hydrogen-bond donors (Lipinski definition) is 1. The molecule has 1 fully saturated rings. The molecule has 5 heteroatoms. The molecule has 0 bridgehead atoms. The number of hydrogen-bond acceptors (Lipinski definition) is 3. The van der Waals surface area contributed by atoms with E-state index < -0.39 is 0 Å². The van der Waals surface area contributed by atoms with Gasteiger partial charge in [-0.2, -0.15) is 5.10 Å². The lowest BCUT2D eigenvalue weighted by Gasteiger charge is -2.29. The number of nitrogens with one attached hydrogen (secondary N) is 1. The van der Waals surface area contributed by atoms with Crippen LogP contribution in [-0.4, -0.2) is 9.82 Å². The molecule has 3 nitrogen and oxygen atoms in total. The lowest BCUT2D eigenvalue weighted by atomic mass is 9.85. The normalized spacial score (nSPS) is 31.1. The molecule has 16 heavy (non-hydrogen) atoms. The first-order valence-corrected chi connectivity index (χ1v) is 7.64. The molecule has 0 amide bonds. The first-order valence-electron chi connectivity index (χ1n) is 5.68. The van der Waals surface area contributed by atoms with Crippen molar-refractivity contribution in [3.63, 3.8) is 0 Å². The van der Waals surface area contributed by atoms with Gasteiger partial charge in [0.05, 0.1) is 6.10 Å². The van der Waals surface area contributed by atoms with E-state index in [-0.39, 0.29) is 0 Å². The second-order valence-corrected chi connectivity index (χ2v) is 6.04. The van der Waals surface area contributed by atoms with E-state index in [1.54, 1.807) is 0 Å². The molecule has 0 aromatic rings. The Morgan fingerprint density at radius 2 is 2.19 bits per heavy atom. The summed E-state index contributed by atoms with van der Waals surface area (Å²) in [6.45, 7) is 2.14. The zero-order chi connectivity index (χ0) is 11.5. The zero-order valence-corrected chi connectivity index (χ0v) is 13.6. The number of nitrogens with zero attached hydrogens (tertiary/aromatic N) is 1. The number of fused-ring (bicyclic) bond motifs is 1. The van der Waals surface area contributed by atoms with Crippen LogP contribution in [0.1, 0.15) is 39.0 Å². The predicted octanol–water partition coefficient (Wildman–Crippen LogP) is 3.93. The van der Waals surface area contributed by atoms with Gasteiger partial charge in [0, 0.05) is 11.6 Å².